The van der Waals surface area contributed by atoms with E-state index >= 15 is 0 Å². The van der Waals surface area contributed by atoms with Crippen LogP contribution >= 0.6 is 47.8 Å². The van der Waals surface area contributed by atoms with E-state index in [4.69, 9.17) is 0 Å². The van der Waals surface area contributed by atoms with Gasteiger partial charge in [0.15, 0.2) is 0 Å². The van der Waals surface area contributed by atoms with Gasteiger partial charge in [-0.15, -0.1) is 0 Å². The maximum absolute atomic E-state index is 11.9. The first-order chi connectivity index (χ1) is 12.0. The van der Waals surface area contributed by atoms with Crippen molar-refractivity contribution in [3.05, 3.63) is 61.4 Å². The van der Waals surface area contributed by atoms with Crippen LogP contribution < -0.4 is 10.7 Å². The summed E-state index contributed by atoms with van der Waals surface area (Å²) in [4.78, 5) is 11.9. The highest BCUT2D eigenvalue weighted by atomic mass is 79.9. The maximum atomic E-state index is 11.9. The SMILES string of the molecule is C/C(CCc1ccccc1)=N\NC(=O)CNc1cc(Br)c(Br)cc1Br. The van der Waals surface area contributed by atoms with Crippen molar-refractivity contribution in [2.45, 2.75) is 19.8 Å². The van der Waals surface area contributed by atoms with Gasteiger partial charge in [-0.05, 0) is 85.3 Å². The fourth-order valence-electron chi connectivity index (χ4n) is 2.06. The number of hydrazone groups is 1. The Morgan fingerprint density at radius 3 is 2.44 bits per heavy atom. The molecular formula is C18H18Br3N3O. The predicted octanol–water partition coefficient (Wildman–Crippen LogP) is 5.51. The number of hydrogen-bond donors (Lipinski definition) is 2. The quantitative estimate of drug-likeness (QED) is 0.281. The Hall–Kier alpha value is -1.18. The fraction of sp³-hybridized carbons (Fsp3) is 0.222. The molecule has 2 rings (SSSR count). The topological polar surface area (TPSA) is 53.5 Å². The summed E-state index contributed by atoms with van der Waals surface area (Å²) in [5, 5.41) is 7.24. The van der Waals surface area contributed by atoms with Crippen LogP contribution in [-0.2, 0) is 11.2 Å². The van der Waals surface area contributed by atoms with Crippen molar-refractivity contribution in [2.75, 3.05) is 11.9 Å². The van der Waals surface area contributed by atoms with Gasteiger partial charge in [0.05, 0.1) is 12.2 Å². The second-order valence-electron chi connectivity index (χ2n) is 5.47. The molecule has 0 bridgehead atoms. The molecule has 4 nitrogen and oxygen atoms in total. The molecule has 0 aromatic heterocycles. The highest BCUT2D eigenvalue weighted by Gasteiger charge is 2.07. The average Bonchev–Trinajstić information content (AvgIpc) is 2.61. The third-order valence-electron chi connectivity index (χ3n) is 3.44. The lowest BCUT2D eigenvalue weighted by atomic mass is 10.1. The number of aryl methyl sites for hydroxylation is 1. The van der Waals surface area contributed by atoms with Crippen LogP contribution in [0.1, 0.15) is 18.9 Å². The van der Waals surface area contributed by atoms with E-state index in [0.29, 0.717) is 0 Å². The molecule has 0 saturated carbocycles. The fourth-order valence-corrected chi connectivity index (χ4v) is 3.53. The summed E-state index contributed by atoms with van der Waals surface area (Å²) in [5.74, 6) is -0.190. The third-order valence-corrected chi connectivity index (χ3v) is 5.94. The number of rotatable bonds is 7. The van der Waals surface area contributed by atoms with Crippen molar-refractivity contribution < 1.29 is 4.79 Å². The first-order valence-electron chi connectivity index (χ1n) is 7.70. The molecule has 0 atom stereocenters. The van der Waals surface area contributed by atoms with Crippen LogP contribution in [0.4, 0.5) is 5.69 Å². The van der Waals surface area contributed by atoms with E-state index in [2.05, 4.69) is 75.8 Å². The monoisotopic (exact) mass is 529 g/mol. The van der Waals surface area contributed by atoms with Crippen molar-refractivity contribution in [3.8, 4) is 0 Å². The minimum Gasteiger partial charge on any atom is -0.375 e. The van der Waals surface area contributed by atoms with E-state index in [1.165, 1.54) is 5.56 Å². The number of carbonyl (C=O) groups is 1. The summed E-state index contributed by atoms with van der Waals surface area (Å²) in [6.45, 7) is 2.06. The molecule has 0 spiro atoms. The summed E-state index contributed by atoms with van der Waals surface area (Å²) in [6, 6.07) is 14.0. The number of anilines is 1. The van der Waals surface area contributed by atoms with Gasteiger partial charge < -0.3 is 5.32 Å². The molecule has 7 heteroatoms. The first-order valence-corrected chi connectivity index (χ1v) is 10.1. The largest absolute Gasteiger partial charge is 0.375 e. The number of halogens is 3. The molecule has 0 heterocycles. The summed E-state index contributed by atoms with van der Waals surface area (Å²) in [6.07, 6.45) is 1.72. The number of amides is 1. The van der Waals surface area contributed by atoms with Gasteiger partial charge in [-0.2, -0.15) is 5.10 Å². The zero-order chi connectivity index (χ0) is 18.2. The lowest BCUT2D eigenvalue weighted by Crippen LogP contribution is -2.26. The number of nitrogens with one attached hydrogen (secondary N) is 2. The van der Waals surface area contributed by atoms with Gasteiger partial charge in [0.25, 0.3) is 5.91 Å². The molecule has 0 aliphatic rings. The zero-order valence-corrected chi connectivity index (χ0v) is 18.4. The van der Waals surface area contributed by atoms with E-state index in [-0.39, 0.29) is 12.5 Å². The lowest BCUT2D eigenvalue weighted by molar-refractivity contribution is -0.119. The second-order valence-corrected chi connectivity index (χ2v) is 8.03. The van der Waals surface area contributed by atoms with Crippen LogP contribution in [-0.4, -0.2) is 18.2 Å². The van der Waals surface area contributed by atoms with Gasteiger partial charge in [0.1, 0.15) is 0 Å². The van der Waals surface area contributed by atoms with Crippen LogP contribution in [0.5, 0.6) is 0 Å². The van der Waals surface area contributed by atoms with Crippen molar-refractivity contribution in [1.29, 1.82) is 0 Å². The number of nitrogens with zero attached hydrogens (tertiary/aromatic N) is 1. The third kappa shape index (κ3) is 6.92. The summed E-state index contributed by atoms with van der Waals surface area (Å²) in [7, 11) is 0. The summed E-state index contributed by atoms with van der Waals surface area (Å²) in [5.41, 5.74) is 5.57. The minimum absolute atomic E-state index is 0.141. The highest BCUT2D eigenvalue weighted by molar-refractivity contribution is 9.13. The van der Waals surface area contributed by atoms with E-state index in [9.17, 15) is 4.79 Å². The molecule has 132 valence electrons. The van der Waals surface area contributed by atoms with Crippen LogP contribution in [0.3, 0.4) is 0 Å². The molecule has 25 heavy (non-hydrogen) atoms. The standard InChI is InChI=1S/C18H18Br3N3O/c1-12(7-8-13-5-3-2-4-6-13)23-24-18(25)11-22-17-10-15(20)14(19)9-16(17)21/h2-6,9-10,22H,7-8,11H2,1H3,(H,24,25)/b23-12+. The van der Waals surface area contributed by atoms with E-state index in [0.717, 1.165) is 37.7 Å². The summed E-state index contributed by atoms with van der Waals surface area (Å²) >= 11 is 10.3. The van der Waals surface area contributed by atoms with Gasteiger partial charge in [-0.1, -0.05) is 30.3 Å². The van der Waals surface area contributed by atoms with Crippen LogP contribution in [0.25, 0.3) is 0 Å². The number of carbonyl (C=O) groups excluding carboxylic acids is 1. The molecule has 0 fully saturated rings. The van der Waals surface area contributed by atoms with Gasteiger partial charge in [0, 0.05) is 19.1 Å². The Kier molecular flexibility index (Phi) is 8.12. The Labute approximate surface area is 172 Å². The van der Waals surface area contributed by atoms with Gasteiger partial charge in [0.2, 0.25) is 0 Å². The van der Waals surface area contributed by atoms with Crippen molar-refractivity contribution >= 4 is 65.1 Å². The predicted molar refractivity (Wildman–Crippen MR) is 114 cm³/mol. The Balaban J connectivity index is 1.79. The van der Waals surface area contributed by atoms with Crippen molar-refractivity contribution in [2.24, 2.45) is 5.10 Å². The Morgan fingerprint density at radius 2 is 1.72 bits per heavy atom. The summed E-state index contributed by atoms with van der Waals surface area (Å²) < 4.78 is 2.72. The normalized spacial score (nSPS) is 11.3. The minimum atomic E-state index is -0.190. The molecule has 0 radical (unpaired) electrons. The number of hydrogen-bond acceptors (Lipinski definition) is 3. The van der Waals surface area contributed by atoms with Gasteiger partial charge in [-0.3, -0.25) is 4.79 Å². The van der Waals surface area contributed by atoms with Crippen LogP contribution in [0, 0.1) is 0 Å². The molecule has 0 aliphatic carbocycles. The van der Waals surface area contributed by atoms with E-state index in [1.54, 1.807) is 0 Å². The molecule has 0 aliphatic heterocycles. The van der Waals surface area contributed by atoms with Gasteiger partial charge >= 0.3 is 0 Å². The molecule has 2 N–H and O–H groups in total. The van der Waals surface area contributed by atoms with E-state index < -0.39 is 0 Å². The molecule has 2 aromatic rings. The van der Waals surface area contributed by atoms with Crippen molar-refractivity contribution in [1.82, 2.24) is 5.43 Å². The molecule has 0 unspecified atom stereocenters. The average molecular weight is 532 g/mol. The van der Waals surface area contributed by atoms with Crippen LogP contribution in [0.15, 0.2) is 61.0 Å². The first kappa shape index (κ1) is 20.1. The van der Waals surface area contributed by atoms with Crippen molar-refractivity contribution in [3.63, 3.8) is 0 Å². The smallest absolute Gasteiger partial charge is 0.259 e. The Bertz CT molecular complexity index is 764. The molecule has 1 amide bonds. The maximum Gasteiger partial charge on any atom is 0.259 e. The molecule has 2 aromatic carbocycles. The van der Waals surface area contributed by atoms with Crippen LogP contribution in [0.2, 0.25) is 0 Å². The Morgan fingerprint density at radius 1 is 1.04 bits per heavy atom. The molecule has 0 saturated heterocycles. The number of benzene rings is 2. The zero-order valence-electron chi connectivity index (χ0n) is 13.7. The van der Waals surface area contributed by atoms with Gasteiger partial charge in [-0.25, -0.2) is 5.43 Å². The second kappa shape index (κ2) is 10.1. The lowest BCUT2D eigenvalue weighted by Gasteiger charge is -2.09. The molecular weight excluding hydrogens is 514 g/mol. The van der Waals surface area contributed by atoms with E-state index in [1.807, 2.05) is 37.3 Å². The highest BCUT2D eigenvalue weighted by Crippen LogP contribution is 2.32.